The Bertz CT molecular complexity index is 1000. The third-order valence-corrected chi connectivity index (χ3v) is 5.11. The summed E-state index contributed by atoms with van der Waals surface area (Å²) in [6.45, 7) is -2.21. The highest BCUT2D eigenvalue weighted by molar-refractivity contribution is 7.99. The minimum absolute atomic E-state index is 0.0386. The van der Waals surface area contributed by atoms with Gasteiger partial charge in [-0.1, -0.05) is 17.8 Å². The molecule has 8 nitrogen and oxygen atoms in total. The average molecular weight is 452 g/mol. The highest BCUT2D eigenvalue weighted by Crippen LogP contribution is 2.32. The van der Waals surface area contributed by atoms with Gasteiger partial charge in [0, 0.05) is 11.3 Å². The van der Waals surface area contributed by atoms with E-state index >= 15 is 0 Å². The molecule has 2 heterocycles. The molecule has 1 aliphatic rings. The Labute approximate surface area is 180 Å². The number of fused-ring (bicyclic) bond motifs is 1. The first kappa shape index (κ1) is 21.3. The van der Waals surface area contributed by atoms with E-state index in [1.807, 2.05) is 18.2 Å². The smallest absolute Gasteiger partial charge is 0.387 e. The van der Waals surface area contributed by atoms with Crippen molar-refractivity contribution in [2.45, 2.75) is 24.5 Å². The Morgan fingerprint density at radius 3 is 2.68 bits per heavy atom. The molecule has 164 valence electrons. The lowest BCUT2D eigenvalue weighted by Crippen LogP contribution is -2.17. The molecule has 1 aliphatic heterocycles. The second kappa shape index (κ2) is 9.94. The van der Waals surface area contributed by atoms with Gasteiger partial charge in [-0.3, -0.25) is 0 Å². The summed E-state index contributed by atoms with van der Waals surface area (Å²) in [5, 5.41) is 18.2. The number of rotatable bonds is 10. The number of ether oxygens (including phenoxy) is 4. The van der Waals surface area contributed by atoms with E-state index in [0.717, 1.165) is 5.56 Å². The van der Waals surface area contributed by atoms with Crippen molar-refractivity contribution in [3.63, 3.8) is 0 Å². The molecule has 1 atom stereocenters. The van der Waals surface area contributed by atoms with Gasteiger partial charge in [0.2, 0.25) is 12.7 Å². The minimum Gasteiger partial charge on any atom is -0.454 e. The Morgan fingerprint density at radius 2 is 1.87 bits per heavy atom. The molecule has 0 saturated carbocycles. The molecular weight excluding hydrogens is 434 g/mol. The monoisotopic (exact) mass is 452 g/mol. The van der Waals surface area contributed by atoms with Gasteiger partial charge >= 0.3 is 6.61 Å². The lowest BCUT2D eigenvalue weighted by atomic mass is 10.2. The molecule has 1 aromatic heterocycles. The summed E-state index contributed by atoms with van der Waals surface area (Å²) >= 11 is 1.19. The number of thioether (sulfide) groups is 1. The second-order valence-electron chi connectivity index (χ2n) is 6.44. The first-order valence-corrected chi connectivity index (χ1v) is 10.2. The molecule has 31 heavy (non-hydrogen) atoms. The van der Waals surface area contributed by atoms with Crippen LogP contribution in [0.15, 0.2) is 52.1 Å². The molecule has 0 aliphatic carbocycles. The largest absolute Gasteiger partial charge is 0.454 e. The molecule has 0 radical (unpaired) electrons. The van der Waals surface area contributed by atoms with E-state index in [2.05, 4.69) is 14.9 Å². The molecule has 3 aromatic rings. The lowest BCUT2D eigenvalue weighted by molar-refractivity contribution is -0.0498. The maximum absolute atomic E-state index is 12.2. The van der Waals surface area contributed by atoms with E-state index in [0.29, 0.717) is 29.4 Å². The fourth-order valence-corrected chi connectivity index (χ4v) is 3.39. The fourth-order valence-electron chi connectivity index (χ4n) is 2.72. The van der Waals surface area contributed by atoms with Crippen molar-refractivity contribution in [1.29, 1.82) is 0 Å². The maximum atomic E-state index is 12.2. The van der Waals surface area contributed by atoms with Crippen molar-refractivity contribution in [3.05, 3.63) is 48.0 Å². The van der Waals surface area contributed by atoms with Crippen LogP contribution in [0.4, 0.5) is 8.78 Å². The minimum atomic E-state index is -2.88. The highest BCUT2D eigenvalue weighted by Gasteiger charge is 2.15. The Balaban J connectivity index is 1.21. The van der Waals surface area contributed by atoms with Gasteiger partial charge in [-0.25, -0.2) is 0 Å². The predicted molar refractivity (Wildman–Crippen MR) is 105 cm³/mol. The molecule has 4 rings (SSSR count). The molecule has 0 spiro atoms. The van der Waals surface area contributed by atoms with Gasteiger partial charge < -0.3 is 28.5 Å². The van der Waals surface area contributed by atoms with E-state index in [4.69, 9.17) is 18.6 Å². The van der Waals surface area contributed by atoms with Crippen molar-refractivity contribution < 1.29 is 37.3 Å². The predicted octanol–water partition coefficient (Wildman–Crippen LogP) is 3.74. The van der Waals surface area contributed by atoms with Crippen LogP contribution in [0.2, 0.25) is 0 Å². The number of aliphatic hydroxyl groups is 1. The third kappa shape index (κ3) is 5.84. The summed E-state index contributed by atoms with van der Waals surface area (Å²) < 4.78 is 50.4. The molecule has 0 unspecified atom stereocenters. The number of aliphatic hydroxyl groups excluding tert-OH is 1. The van der Waals surface area contributed by atoms with Crippen LogP contribution in [0.5, 0.6) is 17.2 Å². The van der Waals surface area contributed by atoms with Gasteiger partial charge in [-0.2, -0.15) is 8.78 Å². The number of hydrogen-bond acceptors (Lipinski definition) is 9. The molecular formula is C20H18F2N2O6S. The first-order valence-electron chi connectivity index (χ1n) is 9.23. The number of aromatic nitrogens is 2. The van der Waals surface area contributed by atoms with Crippen molar-refractivity contribution in [1.82, 2.24) is 10.2 Å². The molecule has 2 aromatic carbocycles. The number of nitrogens with zero attached hydrogens (tertiary/aromatic N) is 2. The van der Waals surface area contributed by atoms with Gasteiger partial charge in [0.15, 0.2) is 11.5 Å². The summed E-state index contributed by atoms with van der Waals surface area (Å²) in [5.74, 6) is 1.96. The summed E-state index contributed by atoms with van der Waals surface area (Å²) in [5.41, 5.74) is 1.48. The molecule has 11 heteroatoms. The van der Waals surface area contributed by atoms with Gasteiger partial charge in [-0.05, 0) is 42.0 Å². The number of halogens is 2. The van der Waals surface area contributed by atoms with Crippen LogP contribution in [0.25, 0.3) is 11.5 Å². The third-order valence-electron chi connectivity index (χ3n) is 4.15. The van der Waals surface area contributed by atoms with Crippen LogP contribution < -0.4 is 14.2 Å². The zero-order chi connectivity index (χ0) is 21.6. The Hall–Kier alpha value is -2.89. The molecule has 0 bridgehead atoms. The zero-order valence-electron chi connectivity index (χ0n) is 16.1. The van der Waals surface area contributed by atoms with Crippen molar-refractivity contribution in [2.24, 2.45) is 0 Å². The van der Waals surface area contributed by atoms with Gasteiger partial charge in [0.1, 0.15) is 5.75 Å². The average Bonchev–Trinajstić information content (AvgIpc) is 3.41. The molecule has 0 saturated heterocycles. The van der Waals surface area contributed by atoms with E-state index in [-0.39, 0.29) is 30.3 Å². The van der Waals surface area contributed by atoms with Crippen LogP contribution in [-0.4, -0.2) is 47.2 Å². The normalized spacial score (nSPS) is 13.5. The van der Waals surface area contributed by atoms with Gasteiger partial charge in [0.25, 0.3) is 5.22 Å². The maximum Gasteiger partial charge on any atom is 0.387 e. The van der Waals surface area contributed by atoms with Gasteiger partial charge in [0.05, 0.1) is 19.3 Å². The Kier molecular flexibility index (Phi) is 6.85. The molecule has 0 amide bonds. The summed E-state index contributed by atoms with van der Waals surface area (Å²) in [4.78, 5) is 0. The number of benzene rings is 2. The summed E-state index contributed by atoms with van der Waals surface area (Å²) in [6.07, 6.45) is -0.736. The van der Waals surface area contributed by atoms with Crippen LogP contribution in [0.1, 0.15) is 5.56 Å². The molecule has 1 N–H and O–H groups in total. The van der Waals surface area contributed by atoms with Crippen molar-refractivity contribution >= 4 is 11.8 Å². The van der Waals surface area contributed by atoms with Gasteiger partial charge in [-0.15, -0.1) is 10.2 Å². The number of hydrogen-bond donors (Lipinski definition) is 1. The summed E-state index contributed by atoms with van der Waals surface area (Å²) in [7, 11) is 0. The first-order chi connectivity index (χ1) is 15.1. The van der Waals surface area contributed by atoms with E-state index < -0.39 is 12.7 Å². The highest BCUT2D eigenvalue weighted by atomic mass is 32.2. The van der Waals surface area contributed by atoms with Crippen LogP contribution >= 0.6 is 11.8 Å². The quantitative estimate of drug-likeness (QED) is 0.462. The molecule has 0 fully saturated rings. The van der Waals surface area contributed by atoms with E-state index in [1.165, 1.54) is 23.9 Å². The second-order valence-corrected chi connectivity index (χ2v) is 7.41. The lowest BCUT2D eigenvalue weighted by Gasteiger charge is -2.10. The van der Waals surface area contributed by atoms with E-state index in [9.17, 15) is 13.9 Å². The summed E-state index contributed by atoms with van der Waals surface area (Å²) in [6, 6.07) is 11.4. The van der Waals surface area contributed by atoms with E-state index in [1.54, 1.807) is 12.1 Å². The fraction of sp³-hybridized carbons (Fsp3) is 0.300. The standard InChI is InChI=1S/C20H18F2N2O6S/c21-19(22)29-15-4-2-13(3-5-15)18-23-24-20(30-18)31-10-14(25)9-26-8-12-1-6-16-17(7-12)28-11-27-16/h1-7,14,19,25H,8-11H2/t14-/m1/s1. The van der Waals surface area contributed by atoms with Crippen molar-refractivity contribution in [3.8, 4) is 28.7 Å². The number of alkyl halides is 2. The Morgan fingerprint density at radius 1 is 1.06 bits per heavy atom. The van der Waals surface area contributed by atoms with Crippen LogP contribution in [0.3, 0.4) is 0 Å². The zero-order valence-corrected chi connectivity index (χ0v) is 16.9. The van der Waals surface area contributed by atoms with Crippen LogP contribution in [-0.2, 0) is 11.3 Å². The SMILES string of the molecule is O[C@H](COCc1ccc2c(c1)OCO2)CSc1nnc(-c2ccc(OC(F)F)cc2)o1. The van der Waals surface area contributed by atoms with Crippen molar-refractivity contribution in [2.75, 3.05) is 19.2 Å². The topological polar surface area (TPSA) is 96.1 Å². The van der Waals surface area contributed by atoms with Crippen LogP contribution in [0, 0.1) is 0 Å².